The third kappa shape index (κ3) is 3.47. The van der Waals surface area contributed by atoms with Gasteiger partial charge in [-0.25, -0.2) is 8.42 Å². The number of aromatic nitrogens is 2. The van der Waals surface area contributed by atoms with Gasteiger partial charge in [-0.3, -0.25) is 4.90 Å². The van der Waals surface area contributed by atoms with E-state index >= 15 is 0 Å². The summed E-state index contributed by atoms with van der Waals surface area (Å²) < 4.78 is 31.6. The Bertz CT molecular complexity index is 908. The molecule has 0 radical (unpaired) electrons. The number of aryl methyl sites for hydroxylation is 1. The zero-order valence-electron chi connectivity index (χ0n) is 16.2. The fourth-order valence-corrected chi connectivity index (χ4v) is 6.22. The van der Waals surface area contributed by atoms with Gasteiger partial charge < -0.3 is 9.84 Å². The quantitative estimate of drug-likeness (QED) is 0.803. The maximum atomic E-state index is 13.6. The Hall–Kier alpha value is -1.48. The lowest BCUT2D eigenvalue weighted by Gasteiger charge is -2.30. The molecule has 0 spiro atoms. The van der Waals surface area contributed by atoms with Crippen LogP contribution in [-0.4, -0.2) is 50.1 Å². The normalized spacial score (nSPS) is 22.7. The van der Waals surface area contributed by atoms with Gasteiger partial charge in [0, 0.05) is 19.6 Å². The topological polar surface area (TPSA) is 88.3 Å². The van der Waals surface area contributed by atoms with Crippen molar-refractivity contribution < 1.29 is 12.9 Å². The zero-order valence-corrected chi connectivity index (χ0v) is 17.9. The number of halogens is 1. The molecule has 1 saturated heterocycles. The Morgan fingerprint density at radius 2 is 1.89 bits per heavy atom. The Kier molecular flexibility index (Phi) is 6.14. The number of nitrogens with one attached hydrogen (secondary N) is 1. The van der Waals surface area contributed by atoms with Gasteiger partial charge in [0.1, 0.15) is 0 Å². The van der Waals surface area contributed by atoms with E-state index in [4.69, 9.17) is 4.52 Å². The second-order valence-electron chi connectivity index (χ2n) is 7.68. The van der Waals surface area contributed by atoms with E-state index in [2.05, 4.69) is 20.4 Å². The standard InChI is InChI=1S/C19H26N4O3S.ClH/c1-14-5-7-15(8-6-14)27(24,25)19(9-3-4-10-19)18-21-17(22-26-18)16-13-20-11-12-23(16)2;/h5-8,16,20H,3-4,9-13H2,1-2H3;1H. The molecule has 154 valence electrons. The first-order valence-corrected chi connectivity index (χ1v) is 11.0. The molecule has 1 aromatic carbocycles. The van der Waals surface area contributed by atoms with Gasteiger partial charge in [0.2, 0.25) is 5.89 Å². The largest absolute Gasteiger partial charge is 0.338 e. The summed E-state index contributed by atoms with van der Waals surface area (Å²) in [6.07, 6.45) is 2.72. The molecule has 4 rings (SSSR count). The van der Waals surface area contributed by atoms with E-state index in [1.165, 1.54) is 0 Å². The summed E-state index contributed by atoms with van der Waals surface area (Å²) in [7, 11) is -1.60. The number of rotatable bonds is 4. The predicted molar refractivity (Wildman–Crippen MR) is 108 cm³/mol. The van der Waals surface area contributed by atoms with E-state index in [1.54, 1.807) is 12.1 Å². The Labute approximate surface area is 172 Å². The maximum Gasteiger partial charge on any atom is 0.248 e. The Morgan fingerprint density at radius 3 is 2.54 bits per heavy atom. The zero-order chi connectivity index (χ0) is 19.1. The summed E-state index contributed by atoms with van der Waals surface area (Å²) in [5, 5.41) is 7.50. The van der Waals surface area contributed by atoms with Crippen molar-refractivity contribution in [1.29, 1.82) is 0 Å². The lowest BCUT2D eigenvalue weighted by Crippen LogP contribution is -2.44. The molecule has 2 fully saturated rings. The predicted octanol–water partition coefficient (Wildman–Crippen LogP) is 2.62. The van der Waals surface area contributed by atoms with Gasteiger partial charge in [0.15, 0.2) is 20.4 Å². The van der Waals surface area contributed by atoms with E-state index in [1.807, 2.05) is 26.1 Å². The van der Waals surface area contributed by atoms with E-state index in [-0.39, 0.29) is 24.3 Å². The molecule has 1 N–H and O–H groups in total. The van der Waals surface area contributed by atoms with Crippen molar-refractivity contribution in [1.82, 2.24) is 20.4 Å². The van der Waals surface area contributed by atoms with Crippen LogP contribution in [0.2, 0.25) is 0 Å². The van der Waals surface area contributed by atoms with Crippen LogP contribution >= 0.6 is 12.4 Å². The van der Waals surface area contributed by atoms with E-state index in [9.17, 15) is 8.42 Å². The van der Waals surface area contributed by atoms with Gasteiger partial charge in [0.05, 0.1) is 10.9 Å². The van der Waals surface area contributed by atoms with Gasteiger partial charge in [-0.2, -0.15) is 4.98 Å². The van der Waals surface area contributed by atoms with Crippen molar-refractivity contribution in [3.63, 3.8) is 0 Å². The first-order chi connectivity index (χ1) is 12.9. The Balaban J connectivity index is 0.00000225. The molecule has 1 atom stereocenters. The number of nitrogens with zero attached hydrogens (tertiary/aromatic N) is 3. The highest BCUT2D eigenvalue weighted by atomic mass is 35.5. The number of likely N-dealkylation sites (N-methyl/N-ethyl adjacent to an activating group) is 1. The van der Waals surface area contributed by atoms with Gasteiger partial charge in [-0.1, -0.05) is 35.7 Å². The fourth-order valence-electron chi connectivity index (χ4n) is 4.14. The smallest absolute Gasteiger partial charge is 0.248 e. The number of benzene rings is 1. The highest BCUT2D eigenvalue weighted by Crippen LogP contribution is 2.47. The molecule has 1 unspecified atom stereocenters. The lowest BCUT2D eigenvalue weighted by molar-refractivity contribution is 0.190. The van der Waals surface area contributed by atoms with Crippen LogP contribution in [0.1, 0.15) is 49.0 Å². The highest BCUT2D eigenvalue weighted by Gasteiger charge is 2.53. The maximum absolute atomic E-state index is 13.6. The van der Waals surface area contributed by atoms with Crippen LogP contribution in [0.5, 0.6) is 0 Å². The van der Waals surface area contributed by atoms with Crippen LogP contribution in [0.3, 0.4) is 0 Å². The first-order valence-electron chi connectivity index (χ1n) is 9.50. The minimum Gasteiger partial charge on any atom is -0.338 e. The van der Waals surface area contributed by atoms with Crippen LogP contribution in [0, 0.1) is 6.92 Å². The molecule has 28 heavy (non-hydrogen) atoms. The first kappa shape index (κ1) is 21.2. The second kappa shape index (κ2) is 8.10. The van der Waals surface area contributed by atoms with Crippen LogP contribution in [-0.2, 0) is 14.6 Å². The van der Waals surface area contributed by atoms with Gasteiger partial charge in [-0.05, 0) is 38.9 Å². The van der Waals surface area contributed by atoms with Gasteiger partial charge in [-0.15, -0.1) is 12.4 Å². The summed E-state index contributed by atoms with van der Waals surface area (Å²) >= 11 is 0. The SMILES string of the molecule is Cc1ccc(S(=O)(=O)C2(c3nc(C4CNCCN4C)no3)CCCC2)cc1.Cl. The molecular formula is C19H27ClN4O3S. The summed E-state index contributed by atoms with van der Waals surface area (Å²) in [6, 6.07) is 7.02. The second-order valence-corrected chi connectivity index (χ2v) is 9.94. The molecule has 2 aliphatic rings. The van der Waals surface area contributed by atoms with Gasteiger partial charge in [0.25, 0.3) is 0 Å². The molecule has 2 aromatic rings. The summed E-state index contributed by atoms with van der Waals surface area (Å²) in [6.45, 7) is 4.48. The minimum atomic E-state index is -3.63. The number of sulfone groups is 1. The fraction of sp³-hybridized carbons (Fsp3) is 0.579. The van der Waals surface area contributed by atoms with Crippen molar-refractivity contribution in [3.05, 3.63) is 41.5 Å². The van der Waals surface area contributed by atoms with Crippen molar-refractivity contribution in [2.24, 2.45) is 0 Å². The highest BCUT2D eigenvalue weighted by molar-refractivity contribution is 7.92. The molecule has 9 heteroatoms. The molecule has 1 aliphatic carbocycles. The van der Waals surface area contributed by atoms with Crippen molar-refractivity contribution in [2.75, 3.05) is 26.7 Å². The van der Waals surface area contributed by atoms with E-state index < -0.39 is 14.6 Å². The van der Waals surface area contributed by atoms with Crippen LogP contribution in [0.4, 0.5) is 0 Å². The van der Waals surface area contributed by atoms with Crippen LogP contribution in [0.25, 0.3) is 0 Å². The van der Waals surface area contributed by atoms with E-state index in [0.717, 1.165) is 38.0 Å². The minimum absolute atomic E-state index is 0. The van der Waals surface area contributed by atoms with Crippen molar-refractivity contribution in [3.8, 4) is 0 Å². The third-order valence-corrected chi connectivity index (χ3v) is 8.40. The number of piperazine rings is 1. The van der Waals surface area contributed by atoms with Crippen LogP contribution in [0.15, 0.2) is 33.7 Å². The number of hydrogen-bond acceptors (Lipinski definition) is 7. The molecular weight excluding hydrogens is 400 g/mol. The van der Waals surface area contributed by atoms with Crippen molar-refractivity contribution >= 4 is 22.2 Å². The summed E-state index contributed by atoms with van der Waals surface area (Å²) in [5.74, 6) is 0.805. The molecule has 1 aliphatic heterocycles. The monoisotopic (exact) mass is 426 g/mol. The molecule has 1 aromatic heterocycles. The van der Waals surface area contributed by atoms with Crippen molar-refractivity contribution in [2.45, 2.75) is 48.3 Å². The molecule has 0 amide bonds. The molecule has 2 heterocycles. The molecule has 0 bridgehead atoms. The molecule has 7 nitrogen and oxygen atoms in total. The Morgan fingerprint density at radius 1 is 1.21 bits per heavy atom. The molecule has 1 saturated carbocycles. The average Bonchev–Trinajstić information content (AvgIpc) is 3.33. The average molecular weight is 427 g/mol. The van der Waals surface area contributed by atoms with E-state index in [0.29, 0.717) is 23.6 Å². The van der Waals surface area contributed by atoms with Crippen LogP contribution < -0.4 is 5.32 Å². The lowest BCUT2D eigenvalue weighted by atomic mass is 10.1. The van der Waals surface area contributed by atoms with Gasteiger partial charge >= 0.3 is 0 Å². The summed E-state index contributed by atoms with van der Waals surface area (Å²) in [4.78, 5) is 7.10. The number of hydrogen-bond donors (Lipinski definition) is 1. The summed E-state index contributed by atoms with van der Waals surface area (Å²) in [5.41, 5.74) is 1.03. The third-order valence-electron chi connectivity index (χ3n) is 5.90.